The van der Waals surface area contributed by atoms with E-state index < -0.39 is 41.4 Å². The lowest BCUT2D eigenvalue weighted by atomic mass is 9.89. The fourth-order valence-electron chi connectivity index (χ4n) is 4.50. The van der Waals surface area contributed by atoms with E-state index in [2.05, 4.69) is 14.8 Å². The summed E-state index contributed by atoms with van der Waals surface area (Å²) in [5, 5.41) is 28.4. The number of benzene rings is 2. The first-order valence-corrected chi connectivity index (χ1v) is 18.2. The number of halogens is 1. The fourth-order valence-corrected chi connectivity index (χ4v) is 8.59. The van der Waals surface area contributed by atoms with Gasteiger partial charge in [-0.05, 0) is 65.9 Å². The third kappa shape index (κ3) is 9.19. The lowest BCUT2D eigenvalue weighted by molar-refractivity contribution is -0.387. The van der Waals surface area contributed by atoms with Gasteiger partial charge in [-0.1, -0.05) is 31.4 Å². The van der Waals surface area contributed by atoms with E-state index in [0.29, 0.717) is 18.2 Å². The Balaban J connectivity index is 0.000000215. The number of thiophene rings is 2. The van der Waals surface area contributed by atoms with Gasteiger partial charge in [0, 0.05) is 18.7 Å². The van der Waals surface area contributed by atoms with Crippen molar-refractivity contribution in [2.45, 2.75) is 40.5 Å². The molecule has 18 heteroatoms. The minimum Gasteiger partial charge on any atom is -0.379 e. The maximum atomic E-state index is 13.1. The van der Waals surface area contributed by atoms with Crippen molar-refractivity contribution in [3.8, 4) is 0 Å². The lowest BCUT2D eigenvalue weighted by Gasteiger charge is -2.22. The average molecular weight is 698 g/mol. The zero-order chi connectivity index (χ0) is 32.6. The molecule has 0 spiro atoms. The number of nitrogens with zero attached hydrogens (tertiary/aromatic N) is 2. The molecule has 2 heterocycles. The number of hydrogen-bond acceptors (Lipinski definition) is 11. The van der Waals surface area contributed by atoms with Gasteiger partial charge in [-0.2, -0.15) is 4.39 Å². The van der Waals surface area contributed by atoms with Gasteiger partial charge >= 0.3 is 5.69 Å². The molecule has 0 amide bonds. The van der Waals surface area contributed by atoms with Crippen LogP contribution in [0, 0.1) is 32.0 Å². The van der Waals surface area contributed by atoms with Gasteiger partial charge in [0.25, 0.3) is 25.7 Å². The van der Waals surface area contributed by atoms with Crippen LogP contribution in [0.5, 0.6) is 0 Å². The van der Waals surface area contributed by atoms with Crippen LogP contribution >= 0.6 is 22.7 Å². The van der Waals surface area contributed by atoms with Crippen LogP contribution in [0.1, 0.15) is 32.1 Å². The van der Waals surface area contributed by atoms with Crippen LogP contribution in [-0.4, -0.2) is 33.2 Å². The number of nitrogens with one attached hydrogen (secondary N) is 3. The first-order valence-electron chi connectivity index (χ1n) is 13.4. The Morgan fingerprint density at radius 1 is 0.756 bits per heavy atom. The van der Waals surface area contributed by atoms with Crippen LogP contribution in [-0.2, 0) is 20.0 Å². The van der Waals surface area contributed by atoms with Gasteiger partial charge in [-0.15, -0.1) is 22.7 Å². The van der Waals surface area contributed by atoms with E-state index in [-0.39, 0.29) is 25.5 Å². The van der Waals surface area contributed by atoms with E-state index in [1.54, 1.807) is 35.0 Å². The third-order valence-electron chi connectivity index (χ3n) is 6.67. The molecule has 240 valence electrons. The molecule has 13 nitrogen and oxygen atoms in total. The van der Waals surface area contributed by atoms with E-state index in [1.807, 2.05) is 0 Å². The molecule has 3 N–H and O–H groups in total. The highest BCUT2D eigenvalue weighted by Gasteiger charge is 2.22. The smallest absolute Gasteiger partial charge is 0.306 e. The van der Waals surface area contributed by atoms with E-state index in [9.17, 15) is 41.5 Å². The summed E-state index contributed by atoms with van der Waals surface area (Å²) in [6.45, 7) is 0.696. The molecule has 1 aliphatic carbocycles. The molecular formula is C27H28FN5O8S4. The standard InChI is InChI=1S/C17H21N3O4S2.C10H7FN2O4S2/c21-20(22)16-11-14(19-26(23,24)17-7-4-10-25-17)8-9-15(16)18-12-13-5-2-1-3-6-13;11-8-4-3-7(6-9(8)13(14)15)12-19(16,17)10-2-1-5-18-10/h4,7-11,13,18-19H,1-3,5-6,12H2;1-6,12H. The first-order chi connectivity index (χ1) is 21.4. The van der Waals surface area contributed by atoms with E-state index >= 15 is 0 Å². The summed E-state index contributed by atoms with van der Waals surface area (Å²) >= 11 is 2.09. The van der Waals surface area contributed by atoms with Crippen molar-refractivity contribution in [2.75, 3.05) is 21.3 Å². The molecule has 0 saturated heterocycles. The van der Waals surface area contributed by atoms with E-state index in [0.717, 1.165) is 53.7 Å². The molecule has 0 aliphatic heterocycles. The molecule has 4 aromatic rings. The van der Waals surface area contributed by atoms with Crippen LogP contribution in [0.15, 0.2) is 79.8 Å². The van der Waals surface area contributed by atoms with Gasteiger partial charge in [0.2, 0.25) is 5.82 Å². The number of rotatable bonds is 11. The second-order valence-corrected chi connectivity index (χ2v) is 15.6. The molecule has 2 aromatic heterocycles. The summed E-state index contributed by atoms with van der Waals surface area (Å²) in [7, 11) is -7.53. The van der Waals surface area contributed by atoms with Crippen LogP contribution in [0.2, 0.25) is 0 Å². The third-order valence-corrected chi connectivity index (χ3v) is 12.2. The Bertz CT molecular complexity index is 1850. The zero-order valence-corrected chi connectivity index (χ0v) is 26.7. The van der Waals surface area contributed by atoms with Gasteiger partial charge in [0.15, 0.2) is 0 Å². The Kier molecular flexibility index (Phi) is 11.1. The number of nitro groups is 2. The van der Waals surface area contributed by atoms with Gasteiger partial charge in [0.05, 0.1) is 21.2 Å². The summed E-state index contributed by atoms with van der Waals surface area (Å²) in [6.07, 6.45) is 5.95. The summed E-state index contributed by atoms with van der Waals surface area (Å²) in [4.78, 5) is 20.6. The molecule has 1 saturated carbocycles. The monoisotopic (exact) mass is 697 g/mol. The van der Waals surface area contributed by atoms with E-state index in [1.165, 1.54) is 37.5 Å². The minimum atomic E-state index is -3.80. The second kappa shape index (κ2) is 14.8. The maximum absolute atomic E-state index is 13.1. The van der Waals surface area contributed by atoms with Crippen LogP contribution in [0.3, 0.4) is 0 Å². The minimum absolute atomic E-state index is 0.0681. The molecule has 45 heavy (non-hydrogen) atoms. The van der Waals surface area contributed by atoms with Crippen molar-refractivity contribution in [1.82, 2.24) is 0 Å². The Morgan fingerprint density at radius 2 is 1.27 bits per heavy atom. The lowest BCUT2D eigenvalue weighted by Crippen LogP contribution is -2.18. The SMILES string of the molecule is O=[N+]([O-])c1cc(NS(=O)(=O)c2cccs2)ccc1F.O=[N+]([O-])c1cc(NS(=O)(=O)c2cccs2)ccc1NCC1CCCCC1. The Morgan fingerprint density at radius 3 is 1.76 bits per heavy atom. The number of nitro benzene ring substituents is 2. The normalized spacial score (nSPS) is 13.7. The Hall–Kier alpha value is -4.13. The molecule has 0 atom stereocenters. The number of hydrogen-bond donors (Lipinski definition) is 3. The van der Waals surface area contributed by atoms with Crippen molar-refractivity contribution < 1.29 is 31.1 Å². The highest BCUT2D eigenvalue weighted by Crippen LogP contribution is 2.31. The van der Waals surface area contributed by atoms with Crippen molar-refractivity contribution in [1.29, 1.82) is 0 Å². The topological polar surface area (TPSA) is 191 Å². The number of sulfonamides is 2. The largest absolute Gasteiger partial charge is 0.379 e. The quantitative estimate of drug-likeness (QED) is 0.109. The molecule has 1 aliphatic rings. The van der Waals surface area contributed by atoms with Crippen molar-refractivity contribution in [2.24, 2.45) is 5.92 Å². The first kappa shape index (κ1) is 33.8. The van der Waals surface area contributed by atoms with E-state index in [4.69, 9.17) is 0 Å². The maximum Gasteiger partial charge on any atom is 0.306 e. The van der Waals surface area contributed by atoms with Crippen LogP contribution < -0.4 is 14.8 Å². The zero-order valence-electron chi connectivity index (χ0n) is 23.4. The molecular weight excluding hydrogens is 670 g/mol. The fraction of sp³-hybridized carbons (Fsp3) is 0.259. The van der Waals surface area contributed by atoms with Crippen molar-refractivity contribution >= 4 is 71.2 Å². The summed E-state index contributed by atoms with van der Waals surface area (Å²) in [5.41, 5.74) is -0.395. The summed E-state index contributed by atoms with van der Waals surface area (Å²) in [5.74, 6) is -0.496. The van der Waals surface area contributed by atoms with Crippen molar-refractivity contribution in [3.63, 3.8) is 0 Å². The molecule has 2 aromatic carbocycles. The second-order valence-electron chi connectivity index (χ2n) is 9.87. The van der Waals surface area contributed by atoms with Gasteiger partial charge in [0.1, 0.15) is 14.1 Å². The highest BCUT2D eigenvalue weighted by molar-refractivity contribution is 7.95. The number of anilines is 3. The molecule has 0 radical (unpaired) electrons. The van der Waals surface area contributed by atoms with Gasteiger partial charge in [-0.25, -0.2) is 16.8 Å². The Labute approximate surface area is 266 Å². The molecule has 0 bridgehead atoms. The summed E-state index contributed by atoms with van der Waals surface area (Å²) < 4.78 is 66.2. The van der Waals surface area contributed by atoms with Gasteiger partial charge in [-0.3, -0.25) is 29.7 Å². The average Bonchev–Trinajstić information content (AvgIpc) is 3.74. The summed E-state index contributed by atoms with van der Waals surface area (Å²) in [6, 6.07) is 13.2. The highest BCUT2D eigenvalue weighted by atomic mass is 32.3. The van der Waals surface area contributed by atoms with Gasteiger partial charge < -0.3 is 5.32 Å². The molecule has 5 rings (SSSR count). The van der Waals surface area contributed by atoms with Crippen LogP contribution in [0.25, 0.3) is 0 Å². The molecule has 0 unspecified atom stereocenters. The predicted octanol–water partition coefficient (Wildman–Crippen LogP) is 7.05. The van der Waals surface area contributed by atoms with Crippen molar-refractivity contribution in [3.05, 3.63) is 97.5 Å². The predicted molar refractivity (Wildman–Crippen MR) is 171 cm³/mol. The molecule has 1 fully saturated rings. The van der Waals surface area contributed by atoms with Crippen LogP contribution in [0.4, 0.5) is 32.8 Å².